The van der Waals surface area contributed by atoms with E-state index < -0.39 is 6.09 Å². The van der Waals surface area contributed by atoms with Crippen molar-refractivity contribution in [2.45, 2.75) is 25.3 Å². The first-order valence-corrected chi connectivity index (χ1v) is 7.48. The van der Waals surface area contributed by atoms with Gasteiger partial charge in [0.15, 0.2) is 0 Å². The third kappa shape index (κ3) is 2.05. The Balaban J connectivity index is 1.53. The largest absolute Gasteiger partial charge is 0.465 e. The highest BCUT2D eigenvalue weighted by molar-refractivity contribution is 5.65. The van der Waals surface area contributed by atoms with E-state index in [-0.39, 0.29) is 5.41 Å². The lowest BCUT2D eigenvalue weighted by Crippen LogP contribution is -2.43. The van der Waals surface area contributed by atoms with E-state index in [2.05, 4.69) is 21.9 Å². The van der Waals surface area contributed by atoms with Gasteiger partial charge in [-0.15, -0.1) is 0 Å². The van der Waals surface area contributed by atoms with Crippen molar-refractivity contribution in [3.8, 4) is 0 Å². The van der Waals surface area contributed by atoms with E-state index in [1.807, 2.05) is 6.20 Å². The molecule has 0 unspecified atom stereocenters. The molecule has 2 saturated heterocycles. The molecule has 2 aliphatic heterocycles. The Hall–Kier alpha value is -1.82. The number of carboxylic acid groups (broad SMARTS) is 1. The van der Waals surface area contributed by atoms with Crippen molar-refractivity contribution >= 4 is 12.2 Å². The molecular weight excluding hydrogens is 270 g/mol. The van der Waals surface area contributed by atoms with E-state index in [4.69, 9.17) is 9.84 Å². The van der Waals surface area contributed by atoms with E-state index in [0.717, 1.165) is 32.5 Å². The average Bonchev–Trinajstić information content (AvgIpc) is 2.80. The lowest BCUT2D eigenvalue weighted by atomic mass is 9.71. The van der Waals surface area contributed by atoms with E-state index >= 15 is 0 Å². The molecule has 1 aromatic rings. The molecule has 4 rings (SSSR count). The summed E-state index contributed by atoms with van der Waals surface area (Å²) in [6.07, 6.45) is 8.40. The van der Waals surface area contributed by atoms with Gasteiger partial charge in [-0.2, -0.15) is 5.10 Å². The predicted molar refractivity (Wildman–Crippen MR) is 76.1 cm³/mol. The SMILES string of the molecule is O=C(O)N1CCC2(C=Cc3c(cnn3C3COC3)C2)CC1. The minimum atomic E-state index is -0.803. The number of carbonyl (C=O) groups is 1. The van der Waals surface area contributed by atoms with Gasteiger partial charge in [0, 0.05) is 13.1 Å². The molecule has 0 radical (unpaired) electrons. The van der Waals surface area contributed by atoms with Gasteiger partial charge in [0.2, 0.25) is 0 Å². The van der Waals surface area contributed by atoms with Crippen LogP contribution in [-0.2, 0) is 11.2 Å². The van der Waals surface area contributed by atoms with Gasteiger partial charge in [0.05, 0.1) is 31.1 Å². The van der Waals surface area contributed by atoms with Crippen LogP contribution in [0.2, 0.25) is 0 Å². The Kier molecular flexibility index (Phi) is 2.82. The van der Waals surface area contributed by atoms with Crippen LogP contribution in [0.5, 0.6) is 0 Å². The zero-order chi connectivity index (χ0) is 14.4. The number of amides is 1. The second kappa shape index (κ2) is 4.59. The number of likely N-dealkylation sites (tertiary alicyclic amines) is 1. The van der Waals surface area contributed by atoms with Crippen molar-refractivity contribution in [2.24, 2.45) is 5.41 Å². The minimum absolute atomic E-state index is 0.114. The number of fused-ring (bicyclic) bond motifs is 1. The normalized spacial score (nSPS) is 23.9. The van der Waals surface area contributed by atoms with Gasteiger partial charge in [-0.25, -0.2) is 4.79 Å². The van der Waals surface area contributed by atoms with Crippen LogP contribution in [0.4, 0.5) is 4.79 Å². The second-order valence-corrected chi connectivity index (χ2v) is 6.33. The van der Waals surface area contributed by atoms with Crippen LogP contribution in [0.1, 0.15) is 30.1 Å². The number of nitrogens with zero attached hydrogens (tertiary/aromatic N) is 3. The summed E-state index contributed by atoms with van der Waals surface area (Å²) in [4.78, 5) is 12.5. The molecule has 1 spiro atoms. The van der Waals surface area contributed by atoms with Crippen LogP contribution >= 0.6 is 0 Å². The molecule has 6 heteroatoms. The number of hydrogen-bond donors (Lipinski definition) is 1. The van der Waals surface area contributed by atoms with Crippen LogP contribution in [0.25, 0.3) is 6.08 Å². The molecule has 0 bridgehead atoms. The van der Waals surface area contributed by atoms with Gasteiger partial charge in [-0.1, -0.05) is 6.08 Å². The van der Waals surface area contributed by atoms with Crippen LogP contribution < -0.4 is 0 Å². The topological polar surface area (TPSA) is 67.6 Å². The summed E-state index contributed by atoms with van der Waals surface area (Å²) in [5.41, 5.74) is 2.60. The van der Waals surface area contributed by atoms with Crippen LogP contribution in [-0.4, -0.2) is 52.2 Å². The van der Waals surface area contributed by atoms with Gasteiger partial charge in [0.1, 0.15) is 0 Å². The number of ether oxygens (including phenoxy) is 1. The van der Waals surface area contributed by atoms with E-state index in [0.29, 0.717) is 19.1 Å². The summed E-state index contributed by atoms with van der Waals surface area (Å²) in [5.74, 6) is 0. The number of allylic oxidation sites excluding steroid dienone is 1. The maximum atomic E-state index is 11.0. The van der Waals surface area contributed by atoms with E-state index in [9.17, 15) is 4.79 Å². The highest BCUT2D eigenvalue weighted by Gasteiger charge is 2.37. The summed E-state index contributed by atoms with van der Waals surface area (Å²) in [6, 6.07) is 0.376. The number of piperidine rings is 1. The van der Waals surface area contributed by atoms with Gasteiger partial charge < -0.3 is 14.7 Å². The van der Waals surface area contributed by atoms with Crippen LogP contribution in [0, 0.1) is 5.41 Å². The Morgan fingerprint density at radius 1 is 1.38 bits per heavy atom. The molecule has 112 valence electrons. The highest BCUT2D eigenvalue weighted by Crippen LogP contribution is 2.41. The molecule has 2 fully saturated rings. The first-order valence-electron chi connectivity index (χ1n) is 7.48. The molecule has 1 N–H and O–H groups in total. The number of hydrogen-bond acceptors (Lipinski definition) is 3. The molecule has 0 atom stereocenters. The average molecular weight is 289 g/mol. The zero-order valence-electron chi connectivity index (χ0n) is 11.9. The summed E-state index contributed by atoms with van der Waals surface area (Å²) >= 11 is 0. The lowest BCUT2D eigenvalue weighted by molar-refractivity contribution is -0.0290. The highest BCUT2D eigenvalue weighted by atomic mass is 16.5. The Labute approximate surface area is 123 Å². The van der Waals surface area contributed by atoms with Gasteiger partial charge in [-0.05, 0) is 36.3 Å². The second-order valence-electron chi connectivity index (χ2n) is 6.33. The zero-order valence-corrected chi connectivity index (χ0v) is 11.9. The summed E-state index contributed by atoms with van der Waals surface area (Å²) in [7, 11) is 0. The predicted octanol–water partition coefficient (Wildman–Crippen LogP) is 1.78. The molecule has 6 nitrogen and oxygen atoms in total. The van der Waals surface area contributed by atoms with Gasteiger partial charge in [-0.3, -0.25) is 4.68 Å². The summed E-state index contributed by atoms with van der Waals surface area (Å²) in [5, 5.41) is 13.6. The molecule has 0 saturated carbocycles. The third-order valence-electron chi connectivity index (χ3n) is 5.05. The minimum Gasteiger partial charge on any atom is -0.465 e. The van der Waals surface area contributed by atoms with Crippen molar-refractivity contribution in [1.29, 1.82) is 0 Å². The van der Waals surface area contributed by atoms with E-state index in [1.165, 1.54) is 16.2 Å². The van der Waals surface area contributed by atoms with Crippen LogP contribution in [0.15, 0.2) is 12.3 Å². The maximum absolute atomic E-state index is 11.0. The monoisotopic (exact) mass is 289 g/mol. The van der Waals surface area contributed by atoms with Crippen LogP contribution in [0.3, 0.4) is 0 Å². The smallest absolute Gasteiger partial charge is 0.407 e. The molecule has 3 aliphatic rings. The molecule has 1 aromatic heterocycles. The molecule has 1 aliphatic carbocycles. The number of aromatic nitrogens is 2. The molecule has 0 aromatic carbocycles. The van der Waals surface area contributed by atoms with Crippen molar-refractivity contribution in [1.82, 2.24) is 14.7 Å². The molecular formula is C15H19N3O3. The fourth-order valence-electron chi connectivity index (χ4n) is 3.56. The molecule has 1 amide bonds. The maximum Gasteiger partial charge on any atom is 0.407 e. The van der Waals surface area contributed by atoms with Gasteiger partial charge >= 0.3 is 6.09 Å². The first-order chi connectivity index (χ1) is 10.2. The molecule has 3 heterocycles. The lowest BCUT2D eigenvalue weighted by Gasteiger charge is -2.40. The van der Waals surface area contributed by atoms with Crippen molar-refractivity contribution in [3.63, 3.8) is 0 Å². The fraction of sp³-hybridized carbons (Fsp3) is 0.600. The Bertz CT molecular complexity index is 595. The van der Waals surface area contributed by atoms with Crippen molar-refractivity contribution in [2.75, 3.05) is 26.3 Å². The molecule has 21 heavy (non-hydrogen) atoms. The Morgan fingerprint density at radius 2 is 2.14 bits per heavy atom. The summed E-state index contributed by atoms with van der Waals surface area (Å²) in [6.45, 7) is 2.75. The Morgan fingerprint density at radius 3 is 2.76 bits per heavy atom. The van der Waals surface area contributed by atoms with Crippen molar-refractivity contribution < 1.29 is 14.6 Å². The standard InChI is InChI=1S/C15H19N3O3/c19-14(20)17-5-3-15(4-6-17)2-1-13-11(7-15)8-16-18(13)12-9-21-10-12/h1-2,8,12H,3-7,9-10H2,(H,19,20). The van der Waals surface area contributed by atoms with Gasteiger partial charge in [0.25, 0.3) is 0 Å². The van der Waals surface area contributed by atoms with E-state index in [1.54, 1.807) is 0 Å². The summed E-state index contributed by atoms with van der Waals surface area (Å²) < 4.78 is 7.33. The third-order valence-corrected chi connectivity index (χ3v) is 5.05. The fourth-order valence-corrected chi connectivity index (χ4v) is 3.56. The first kappa shape index (κ1) is 12.9. The number of rotatable bonds is 1. The quantitative estimate of drug-likeness (QED) is 0.856. The van der Waals surface area contributed by atoms with Crippen molar-refractivity contribution in [3.05, 3.63) is 23.5 Å².